The van der Waals surface area contributed by atoms with Crippen LogP contribution in [0.4, 0.5) is 13.2 Å². The van der Waals surface area contributed by atoms with Crippen LogP contribution >= 0.6 is 11.6 Å². The molecule has 100 valence electrons. The summed E-state index contributed by atoms with van der Waals surface area (Å²) in [7, 11) is 0. The summed E-state index contributed by atoms with van der Waals surface area (Å²) in [5.41, 5.74) is -0.437. The third kappa shape index (κ3) is 2.64. The van der Waals surface area contributed by atoms with Crippen LogP contribution in [0.25, 0.3) is 0 Å². The first-order valence-electron chi connectivity index (χ1n) is 5.23. The number of hydrogen-bond donors (Lipinski definition) is 1. The number of fused-ring (bicyclic) bond motifs is 1. The minimum atomic E-state index is -4.77. The molecule has 2 rings (SSSR count). The molecular formula is C11H10ClF3O3. The highest BCUT2D eigenvalue weighted by Gasteiger charge is 2.41. The average molecular weight is 283 g/mol. The number of benzene rings is 1. The molecule has 7 heteroatoms. The maximum Gasteiger partial charge on any atom is 0.418 e. The summed E-state index contributed by atoms with van der Waals surface area (Å²) in [5, 5.41) is 9.00. The normalized spacial score (nSPS) is 17.2. The molecule has 0 aromatic heterocycles. The van der Waals surface area contributed by atoms with Gasteiger partial charge in [-0.15, -0.1) is 0 Å². The fourth-order valence-corrected chi connectivity index (χ4v) is 1.84. The van der Waals surface area contributed by atoms with Crippen LogP contribution in [-0.2, 0) is 0 Å². The van der Waals surface area contributed by atoms with Crippen molar-refractivity contribution in [2.75, 3.05) is 13.2 Å². The van der Waals surface area contributed by atoms with Gasteiger partial charge in [-0.25, -0.2) is 0 Å². The van der Waals surface area contributed by atoms with Gasteiger partial charge in [0.15, 0.2) is 17.6 Å². The lowest BCUT2D eigenvalue weighted by molar-refractivity contribution is -0.206. The smallest absolute Gasteiger partial charge is 0.418 e. The molecule has 0 spiro atoms. The fraction of sp³-hybridized carbons (Fsp3) is 0.455. The molecule has 3 nitrogen and oxygen atoms in total. The Morgan fingerprint density at radius 2 is 1.72 bits per heavy atom. The average Bonchev–Trinajstić information content (AvgIpc) is 2.50. The molecule has 1 aromatic carbocycles. The molecule has 0 saturated heterocycles. The van der Waals surface area contributed by atoms with Gasteiger partial charge < -0.3 is 14.6 Å². The van der Waals surface area contributed by atoms with Crippen molar-refractivity contribution >= 4 is 11.6 Å². The van der Waals surface area contributed by atoms with Gasteiger partial charge in [-0.05, 0) is 6.07 Å². The van der Waals surface area contributed by atoms with Crippen molar-refractivity contribution in [1.29, 1.82) is 0 Å². The molecule has 1 unspecified atom stereocenters. The van der Waals surface area contributed by atoms with Crippen LogP contribution in [-0.4, -0.2) is 24.5 Å². The standard InChI is InChI=1S/C11H10ClF3O3/c12-7-5-9-8(17-2-1-3-18-9)4-6(7)10(16)11(13,14)15/h4-5,10,16H,1-3H2. The van der Waals surface area contributed by atoms with Gasteiger partial charge in [-0.2, -0.15) is 13.2 Å². The third-order valence-electron chi connectivity index (χ3n) is 2.47. The van der Waals surface area contributed by atoms with Crippen LogP contribution in [0.15, 0.2) is 12.1 Å². The van der Waals surface area contributed by atoms with Gasteiger partial charge in [-0.3, -0.25) is 0 Å². The predicted octanol–water partition coefficient (Wildman–Crippen LogP) is 3.10. The van der Waals surface area contributed by atoms with E-state index in [9.17, 15) is 18.3 Å². The van der Waals surface area contributed by atoms with E-state index in [-0.39, 0.29) is 16.5 Å². The Morgan fingerprint density at radius 1 is 1.17 bits per heavy atom. The molecule has 0 saturated carbocycles. The molecule has 18 heavy (non-hydrogen) atoms. The van der Waals surface area contributed by atoms with Crippen molar-refractivity contribution in [3.05, 3.63) is 22.7 Å². The number of ether oxygens (including phenoxy) is 2. The zero-order valence-electron chi connectivity index (χ0n) is 9.13. The molecule has 1 aliphatic heterocycles. The number of aliphatic hydroxyl groups excluding tert-OH is 1. The van der Waals surface area contributed by atoms with Crippen molar-refractivity contribution in [2.24, 2.45) is 0 Å². The van der Waals surface area contributed by atoms with Gasteiger partial charge in [0.2, 0.25) is 0 Å². The fourth-order valence-electron chi connectivity index (χ4n) is 1.59. The molecule has 1 N–H and O–H groups in total. The summed E-state index contributed by atoms with van der Waals surface area (Å²) in [6.07, 6.45) is -6.78. The minimum absolute atomic E-state index is 0.162. The van der Waals surface area contributed by atoms with Gasteiger partial charge in [0.1, 0.15) is 0 Å². The van der Waals surface area contributed by atoms with Gasteiger partial charge >= 0.3 is 6.18 Å². The number of halogens is 4. The Balaban J connectivity index is 2.41. The van der Waals surface area contributed by atoms with Crippen molar-refractivity contribution in [3.63, 3.8) is 0 Å². The maximum atomic E-state index is 12.4. The number of hydrogen-bond acceptors (Lipinski definition) is 3. The Labute approximate surface area is 106 Å². The quantitative estimate of drug-likeness (QED) is 0.860. The summed E-state index contributed by atoms with van der Waals surface area (Å²) < 4.78 is 47.9. The second-order valence-corrected chi connectivity index (χ2v) is 4.22. The molecule has 0 fully saturated rings. The molecule has 1 aromatic rings. The van der Waals surface area contributed by atoms with Crippen molar-refractivity contribution < 1.29 is 27.8 Å². The molecular weight excluding hydrogens is 273 g/mol. The van der Waals surface area contributed by atoms with Gasteiger partial charge in [0, 0.05) is 18.1 Å². The summed E-state index contributed by atoms with van der Waals surface area (Å²) >= 11 is 5.72. The van der Waals surface area contributed by atoms with E-state index in [0.717, 1.165) is 6.07 Å². The first kappa shape index (κ1) is 13.3. The Morgan fingerprint density at radius 3 is 2.28 bits per heavy atom. The van der Waals surface area contributed by atoms with Gasteiger partial charge in [0.05, 0.1) is 18.2 Å². The number of alkyl halides is 3. The molecule has 1 atom stereocenters. The van der Waals surface area contributed by atoms with E-state index in [1.165, 1.54) is 6.07 Å². The second-order valence-electron chi connectivity index (χ2n) is 3.82. The second kappa shape index (κ2) is 4.85. The van der Waals surface area contributed by atoms with Crippen LogP contribution in [0, 0.1) is 0 Å². The summed E-state index contributed by atoms with van der Waals surface area (Å²) in [6, 6.07) is 2.30. The SMILES string of the molecule is OC(c1cc2c(cc1Cl)OCCCO2)C(F)(F)F. The predicted molar refractivity (Wildman–Crippen MR) is 58.1 cm³/mol. The van der Waals surface area contributed by atoms with Gasteiger partial charge in [-0.1, -0.05) is 11.6 Å². The maximum absolute atomic E-state index is 12.4. The van der Waals surface area contributed by atoms with E-state index in [0.29, 0.717) is 19.6 Å². The lowest BCUT2D eigenvalue weighted by atomic mass is 10.1. The Kier molecular flexibility index (Phi) is 3.59. The topological polar surface area (TPSA) is 38.7 Å². The van der Waals surface area contributed by atoms with Crippen molar-refractivity contribution in [3.8, 4) is 11.5 Å². The first-order valence-corrected chi connectivity index (χ1v) is 5.61. The molecule has 0 radical (unpaired) electrons. The van der Waals surface area contributed by atoms with Crippen LogP contribution in [0.2, 0.25) is 5.02 Å². The lowest BCUT2D eigenvalue weighted by Crippen LogP contribution is -2.20. The molecule has 1 aliphatic rings. The van der Waals surface area contributed by atoms with Crippen LogP contribution in [0.5, 0.6) is 11.5 Å². The van der Waals surface area contributed by atoms with Crippen LogP contribution in [0.1, 0.15) is 18.1 Å². The summed E-state index contributed by atoms with van der Waals surface area (Å²) in [4.78, 5) is 0. The van der Waals surface area contributed by atoms with E-state index < -0.39 is 17.8 Å². The highest BCUT2D eigenvalue weighted by atomic mass is 35.5. The van der Waals surface area contributed by atoms with Crippen LogP contribution < -0.4 is 9.47 Å². The van der Waals surface area contributed by atoms with Crippen LogP contribution in [0.3, 0.4) is 0 Å². The first-order chi connectivity index (χ1) is 8.39. The molecule has 0 aliphatic carbocycles. The zero-order valence-corrected chi connectivity index (χ0v) is 9.88. The molecule has 1 heterocycles. The number of aliphatic hydroxyl groups is 1. The Bertz CT molecular complexity index is 448. The Hall–Kier alpha value is -1.14. The van der Waals surface area contributed by atoms with E-state index in [1.54, 1.807) is 0 Å². The van der Waals surface area contributed by atoms with E-state index >= 15 is 0 Å². The molecule has 0 bridgehead atoms. The number of rotatable bonds is 1. The summed E-state index contributed by atoms with van der Waals surface area (Å²) in [6.45, 7) is 0.751. The highest BCUT2D eigenvalue weighted by molar-refractivity contribution is 6.31. The molecule has 0 amide bonds. The van der Waals surface area contributed by atoms with E-state index in [1.807, 2.05) is 0 Å². The third-order valence-corrected chi connectivity index (χ3v) is 2.80. The van der Waals surface area contributed by atoms with Gasteiger partial charge in [0.25, 0.3) is 0 Å². The summed E-state index contributed by atoms with van der Waals surface area (Å²) in [5.74, 6) is 0.450. The largest absolute Gasteiger partial charge is 0.490 e. The van der Waals surface area contributed by atoms with Crippen molar-refractivity contribution in [2.45, 2.75) is 18.7 Å². The lowest BCUT2D eigenvalue weighted by Gasteiger charge is -2.18. The van der Waals surface area contributed by atoms with Crippen molar-refractivity contribution in [1.82, 2.24) is 0 Å². The zero-order chi connectivity index (χ0) is 13.3. The van der Waals surface area contributed by atoms with E-state index in [4.69, 9.17) is 21.1 Å². The monoisotopic (exact) mass is 282 g/mol. The highest BCUT2D eigenvalue weighted by Crippen LogP contribution is 2.41. The minimum Gasteiger partial charge on any atom is -0.490 e. The van der Waals surface area contributed by atoms with E-state index in [2.05, 4.69) is 0 Å².